The number of hydrogen-bond acceptors (Lipinski definition) is 5. The SMILES string of the molecule is CN1CCOC(COc2ccc(S(N)(=O)=O)c(Cl)c2Cl)C1. The highest BCUT2D eigenvalue weighted by Crippen LogP contribution is 2.36. The maximum Gasteiger partial charge on any atom is 0.239 e. The molecular formula is C12H16Cl2N2O4S. The number of sulfonamides is 1. The third-order valence-corrected chi connectivity index (χ3v) is 5.01. The summed E-state index contributed by atoms with van der Waals surface area (Å²) in [6.45, 7) is 2.57. The lowest BCUT2D eigenvalue weighted by molar-refractivity contribution is -0.0403. The topological polar surface area (TPSA) is 81.9 Å². The molecule has 1 aliphatic heterocycles. The van der Waals surface area contributed by atoms with Crippen molar-refractivity contribution in [1.82, 2.24) is 4.90 Å². The number of benzene rings is 1. The number of primary sulfonamides is 1. The summed E-state index contributed by atoms with van der Waals surface area (Å²) in [5.74, 6) is 0.297. The predicted octanol–water partition coefficient (Wildman–Crippen LogP) is 1.35. The molecule has 0 amide bonds. The minimum absolute atomic E-state index is 0.0207. The van der Waals surface area contributed by atoms with Gasteiger partial charge >= 0.3 is 0 Å². The first-order chi connectivity index (χ1) is 9.79. The van der Waals surface area contributed by atoms with E-state index in [-0.39, 0.29) is 21.0 Å². The van der Waals surface area contributed by atoms with Gasteiger partial charge in [0.15, 0.2) is 0 Å². The van der Waals surface area contributed by atoms with Gasteiger partial charge in [0.25, 0.3) is 0 Å². The molecule has 6 nitrogen and oxygen atoms in total. The van der Waals surface area contributed by atoms with Crippen LogP contribution in [0.15, 0.2) is 17.0 Å². The van der Waals surface area contributed by atoms with Crippen LogP contribution in [-0.2, 0) is 14.8 Å². The Balaban J connectivity index is 2.09. The standard InChI is InChI=1S/C12H16Cl2N2O4S/c1-16-4-5-19-8(6-16)7-20-9-2-3-10(21(15,17)18)12(14)11(9)13/h2-3,8H,4-7H2,1H3,(H2,15,17,18). The first-order valence-electron chi connectivity index (χ1n) is 6.23. The lowest BCUT2D eigenvalue weighted by atomic mass is 10.3. The van der Waals surface area contributed by atoms with Gasteiger partial charge in [-0.2, -0.15) is 0 Å². The molecule has 1 aromatic carbocycles. The monoisotopic (exact) mass is 354 g/mol. The molecule has 9 heteroatoms. The van der Waals surface area contributed by atoms with Gasteiger partial charge in [0.2, 0.25) is 10.0 Å². The number of likely N-dealkylation sites (N-methyl/N-ethyl adjacent to an activating group) is 1. The van der Waals surface area contributed by atoms with Crippen LogP contribution < -0.4 is 9.88 Å². The predicted molar refractivity (Wildman–Crippen MR) is 80.6 cm³/mol. The largest absolute Gasteiger partial charge is 0.489 e. The van der Waals surface area contributed by atoms with Crippen LogP contribution in [0.5, 0.6) is 5.75 Å². The van der Waals surface area contributed by atoms with E-state index in [9.17, 15) is 8.42 Å². The van der Waals surface area contributed by atoms with E-state index in [2.05, 4.69) is 4.90 Å². The Morgan fingerprint density at radius 1 is 1.43 bits per heavy atom. The van der Waals surface area contributed by atoms with Crippen LogP contribution in [0.25, 0.3) is 0 Å². The Hall–Kier alpha value is -0.570. The van der Waals surface area contributed by atoms with Crippen LogP contribution in [0.4, 0.5) is 0 Å². The zero-order chi connectivity index (χ0) is 15.6. The highest BCUT2D eigenvalue weighted by Gasteiger charge is 2.21. The van der Waals surface area contributed by atoms with Gasteiger partial charge in [-0.1, -0.05) is 23.2 Å². The number of hydrogen-bond donors (Lipinski definition) is 1. The van der Waals surface area contributed by atoms with Crippen LogP contribution in [0, 0.1) is 0 Å². The summed E-state index contributed by atoms with van der Waals surface area (Å²) in [4.78, 5) is 1.91. The van der Waals surface area contributed by atoms with E-state index < -0.39 is 10.0 Å². The van der Waals surface area contributed by atoms with Gasteiger partial charge < -0.3 is 14.4 Å². The number of nitrogens with two attached hydrogens (primary N) is 1. The summed E-state index contributed by atoms with van der Waals surface area (Å²) in [5.41, 5.74) is 0. The van der Waals surface area contributed by atoms with Crippen molar-refractivity contribution in [2.45, 2.75) is 11.0 Å². The maximum absolute atomic E-state index is 11.3. The summed E-state index contributed by atoms with van der Waals surface area (Å²) < 4.78 is 33.8. The summed E-state index contributed by atoms with van der Waals surface area (Å²) in [6, 6.07) is 2.70. The molecule has 0 aliphatic carbocycles. The molecule has 1 heterocycles. The molecular weight excluding hydrogens is 339 g/mol. The smallest absolute Gasteiger partial charge is 0.239 e. The van der Waals surface area contributed by atoms with Crippen molar-refractivity contribution in [3.8, 4) is 5.75 Å². The number of halogens is 2. The minimum atomic E-state index is -3.92. The van der Waals surface area contributed by atoms with Crippen LogP contribution in [0.3, 0.4) is 0 Å². The third-order valence-electron chi connectivity index (χ3n) is 3.08. The molecule has 2 N–H and O–H groups in total. The molecule has 0 aromatic heterocycles. The molecule has 1 aromatic rings. The average Bonchev–Trinajstić information content (AvgIpc) is 2.39. The summed E-state index contributed by atoms with van der Waals surface area (Å²) >= 11 is 11.9. The Morgan fingerprint density at radius 3 is 2.76 bits per heavy atom. The van der Waals surface area contributed by atoms with Crippen LogP contribution in [0.1, 0.15) is 0 Å². The lowest BCUT2D eigenvalue weighted by Crippen LogP contribution is -2.42. The van der Waals surface area contributed by atoms with Crippen LogP contribution >= 0.6 is 23.2 Å². The highest BCUT2D eigenvalue weighted by atomic mass is 35.5. The second-order valence-electron chi connectivity index (χ2n) is 4.80. The van der Waals surface area contributed by atoms with E-state index in [1.54, 1.807) is 0 Å². The number of nitrogens with zero attached hydrogens (tertiary/aromatic N) is 1. The van der Waals surface area contributed by atoms with Crippen molar-refractivity contribution < 1.29 is 17.9 Å². The minimum Gasteiger partial charge on any atom is -0.489 e. The summed E-state index contributed by atoms with van der Waals surface area (Å²) in [5, 5.41) is 4.93. The van der Waals surface area contributed by atoms with Crippen molar-refractivity contribution in [3.05, 3.63) is 22.2 Å². The first kappa shape index (κ1) is 16.8. The Bertz CT molecular complexity index is 624. The van der Waals surface area contributed by atoms with Gasteiger partial charge in [-0.15, -0.1) is 0 Å². The van der Waals surface area contributed by atoms with E-state index in [0.717, 1.165) is 13.1 Å². The summed E-state index contributed by atoms with van der Waals surface area (Å²) in [7, 11) is -1.92. The van der Waals surface area contributed by atoms with Crippen molar-refractivity contribution in [2.24, 2.45) is 5.14 Å². The molecule has 1 saturated heterocycles. The Morgan fingerprint density at radius 2 is 2.14 bits per heavy atom. The van der Waals surface area contributed by atoms with Gasteiger partial charge in [0.1, 0.15) is 28.4 Å². The lowest BCUT2D eigenvalue weighted by Gasteiger charge is -2.29. The molecule has 21 heavy (non-hydrogen) atoms. The van der Waals surface area contributed by atoms with Crippen molar-refractivity contribution in [2.75, 3.05) is 33.4 Å². The quantitative estimate of drug-likeness (QED) is 0.882. The van der Waals surface area contributed by atoms with Gasteiger partial charge in [-0.3, -0.25) is 0 Å². The normalized spacial score (nSPS) is 20.5. The molecule has 1 aliphatic rings. The number of ether oxygens (including phenoxy) is 2. The van der Waals surface area contributed by atoms with E-state index in [1.165, 1.54) is 12.1 Å². The van der Waals surface area contributed by atoms with E-state index in [4.69, 9.17) is 37.8 Å². The molecule has 118 valence electrons. The summed E-state index contributed by atoms with van der Waals surface area (Å²) in [6.07, 6.45) is -0.0727. The second kappa shape index (κ2) is 6.68. The Kier molecular flexibility index (Phi) is 5.34. The highest BCUT2D eigenvalue weighted by molar-refractivity contribution is 7.89. The Labute approximate surface area is 133 Å². The van der Waals surface area contributed by atoms with Gasteiger partial charge in [-0.05, 0) is 19.2 Å². The second-order valence-corrected chi connectivity index (χ2v) is 7.09. The van der Waals surface area contributed by atoms with Crippen molar-refractivity contribution in [1.29, 1.82) is 0 Å². The van der Waals surface area contributed by atoms with Gasteiger partial charge in [0.05, 0.1) is 11.6 Å². The molecule has 0 spiro atoms. The van der Waals surface area contributed by atoms with Gasteiger partial charge in [-0.25, -0.2) is 13.6 Å². The average molecular weight is 355 g/mol. The van der Waals surface area contributed by atoms with Crippen LogP contribution in [0.2, 0.25) is 10.0 Å². The van der Waals surface area contributed by atoms with E-state index in [1.807, 2.05) is 7.05 Å². The zero-order valence-electron chi connectivity index (χ0n) is 11.4. The fourth-order valence-electron chi connectivity index (χ4n) is 2.00. The third kappa shape index (κ3) is 4.21. The molecule has 0 radical (unpaired) electrons. The maximum atomic E-state index is 11.3. The molecule has 1 atom stereocenters. The molecule has 1 fully saturated rings. The van der Waals surface area contributed by atoms with E-state index in [0.29, 0.717) is 19.0 Å². The van der Waals surface area contributed by atoms with Gasteiger partial charge in [0, 0.05) is 13.1 Å². The molecule has 0 bridgehead atoms. The molecule has 2 rings (SSSR count). The number of rotatable bonds is 4. The fourth-order valence-corrected chi connectivity index (χ4v) is 3.36. The molecule has 1 unspecified atom stereocenters. The first-order valence-corrected chi connectivity index (χ1v) is 8.53. The van der Waals surface area contributed by atoms with Crippen molar-refractivity contribution in [3.63, 3.8) is 0 Å². The zero-order valence-corrected chi connectivity index (χ0v) is 13.7. The van der Waals surface area contributed by atoms with Crippen LogP contribution in [-0.4, -0.2) is 52.8 Å². The van der Waals surface area contributed by atoms with E-state index >= 15 is 0 Å². The fraction of sp³-hybridized carbons (Fsp3) is 0.500. The number of morpholine rings is 1. The van der Waals surface area contributed by atoms with Crippen molar-refractivity contribution >= 4 is 33.2 Å². The molecule has 0 saturated carbocycles.